The van der Waals surface area contributed by atoms with Crippen molar-refractivity contribution >= 4 is 32.9 Å². The van der Waals surface area contributed by atoms with E-state index in [9.17, 15) is 0 Å². The Labute approximate surface area is 124 Å². The maximum atomic E-state index is 8.81. The van der Waals surface area contributed by atoms with Gasteiger partial charge in [-0.2, -0.15) is 5.26 Å². The molecule has 3 aromatic rings. The smallest absolute Gasteiger partial charge is 0.201 e. The maximum Gasteiger partial charge on any atom is 0.201 e. The third-order valence-corrected chi connectivity index (χ3v) is 3.66. The lowest BCUT2D eigenvalue weighted by atomic mass is 10.1. The largest absolute Gasteiger partial charge is 0.369 e. The molecule has 3 rings (SSSR count). The van der Waals surface area contributed by atoms with Crippen LogP contribution in [0.4, 0.5) is 5.95 Å². The van der Waals surface area contributed by atoms with Crippen LogP contribution in [-0.2, 0) is 6.54 Å². The van der Waals surface area contributed by atoms with Crippen LogP contribution < -0.4 is 5.73 Å². The number of nitrogens with zero attached hydrogens (tertiary/aromatic N) is 3. The molecule has 5 heteroatoms. The fourth-order valence-electron chi connectivity index (χ4n) is 2.15. The molecule has 2 aromatic carbocycles. The first-order chi connectivity index (χ1) is 9.67. The predicted octanol–water partition coefficient (Wildman–Crippen LogP) is 3.30. The fourth-order valence-corrected chi connectivity index (χ4v) is 2.50. The Kier molecular flexibility index (Phi) is 3.17. The van der Waals surface area contributed by atoms with Crippen LogP contribution in [0.3, 0.4) is 0 Å². The summed E-state index contributed by atoms with van der Waals surface area (Å²) in [4.78, 5) is 4.36. The molecule has 0 radical (unpaired) electrons. The highest BCUT2D eigenvalue weighted by molar-refractivity contribution is 9.10. The van der Waals surface area contributed by atoms with Crippen LogP contribution >= 0.6 is 15.9 Å². The van der Waals surface area contributed by atoms with Crippen molar-refractivity contribution in [3.63, 3.8) is 0 Å². The number of nitrogen functional groups attached to an aromatic ring is 1. The van der Waals surface area contributed by atoms with E-state index in [4.69, 9.17) is 11.0 Å². The van der Waals surface area contributed by atoms with Crippen molar-refractivity contribution in [2.24, 2.45) is 0 Å². The minimum Gasteiger partial charge on any atom is -0.369 e. The van der Waals surface area contributed by atoms with E-state index in [2.05, 4.69) is 27.0 Å². The molecule has 20 heavy (non-hydrogen) atoms. The molecule has 0 aliphatic carbocycles. The molecule has 0 aliphatic rings. The van der Waals surface area contributed by atoms with Gasteiger partial charge < -0.3 is 10.3 Å². The van der Waals surface area contributed by atoms with Gasteiger partial charge in [0.05, 0.1) is 29.2 Å². The topological polar surface area (TPSA) is 67.6 Å². The summed E-state index contributed by atoms with van der Waals surface area (Å²) in [5.41, 5.74) is 9.59. The molecule has 1 aromatic heterocycles. The van der Waals surface area contributed by atoms with Crippen molar-refractivity contribution in [3.8, 4) is 6.07 Å². The number of anilines is 1. The molecule has 0 aliphatic heterocycles. The number of nitriles is 1. The van der Waals surface area contributed by atoms with Gasteiger partial charge in [-0.15, -0.1) is 0 Å². The Morgan fingerprint density at radius 2 is 1.95 bits per heavy atom. The molecule has 0 amide bonds. The maximum absolute atomic E-state index is 8.81. The SMILES string of the molecule is N#Cc1ccc(Cn2c(N)nc3cc(Br)ccc32)cc1. The average molecular weight is 327 g/mol. The zero-order valence-corrected chi connectivity index (χ0v) is 12.1. The molecule has 1 heterocycles. The van der Waals surface area contributed by atoms with Crippen LogP contribution in [0, 0.1) is 11.3 Å². The molecular formula is C15H11BrN4. The highest BCUT2D eigenvalue weighted by Gasteiger charge is 2.08. The molecule has 0 saturated heterocycles. The summed E-state index contributed by atoms with van der Waals surface area (Å²) in [6.07, 6.45) is 0. The summed E-state index contributed by atoms with van der Waals surface area (Å²) in [6.45, 7) is 0.635. The number of benzene rings is 2. The third-order valence-electron chi connectivity index (χ3n) is 3.16. The van der Waals surface area contributed by atoms with Crippen molar-refractivity contribution in [2.75, 3.05) is 5.73 Å². The molecule has 2 N–H and O–H groups in total. The van der Waals surface area contributed by atoms with E-state index in [1.807, 2.05) is 34.9 Å². The van der Waals surface area contributed by atoms with Gasteiger partial charge >= 0.3 is 0 Å². The summed E-state index contributed by atoms with van der Waals surface area (Å²) >= 11 is 3.43. The number of nitrogens with two attached hydrogens (primary N) is 1. The molecule has 0 bridgehead atoms. The van der Waals surface area contributed by atoms with Crippen molar-refractivity contribution in [1.82, 2.24) is 9.55 Å². The molecule has 98 valence electrons. The third kappa shape index (κ3) is 2.26. The molecule has 0 spiro atoms. The molecule has 0 unspecified atom stereocenters. The van der Waals surface area contributed by atoms with E-state index in [-0.39, 0.29) is 0 Å². The minimum atomic E-state index is 0.488. The number of fused-ring (bicyclic) bond motifs is 1. The Bertz CT molecular complexity index is 812. The second-order valence-corrected chi connectivity index (χ2v) is 5.41. The first kappa shape index (κ1) is 12.7. The summed E-state index contributed by atoms with van der Waals surface area (Å²) in [5.74, 6) is 0.488. The van der Waals surface area contributed by atoms with Crippen LogP contribution in [0.15, 0.2) is 46.9 Å². The molecular weight excluding hydrogens is 316 g/mol. The van der Waals surface area contributed by atoms with Crippen molar-refractivity contribution in [2.45, 2.75) is 6.54 Å². The lowest BCUT2D eigenvalue weighted by Gasteiger charge is -2.06. The van der Waals surface area contributed by atoms with Gasteiger partial charge in [-0.1, -0.05) is 28.1 Å². The van der Waals surface area contributed by atoms with E-state index in [0.29, 0.717) is 18.1 Å². The van der Waals surface area contributed by atoms with E-state index < -0.39 is 0 Å². The van der Waals surface area contributed by atoms with Crippen LogP contribution in [0.2, 0.25) is 0 Å². The summed E-state index contributed by atoms with van der Waals surface area (Å²) in [7, 11) is 0. The van der Waals surface area contributed by atoms with Crippen LogP contribution in [-0.4, -0.2) is 9.55 Å². The summed E-state index contributed by atoms with van der Waals surface area (Å²) in [6, 6.07) is 15.5. The summed E-state index contributed by atoms with van der Waals surface area (Å²) < 4.78 is 2.94. The van der Waals surface area contributed by atoms with Crippen molar-refractivity contribution in [1.29, 1.82) is 5.26 Å². The predicted molar refractivity (Wildman–Crippen MR) is 82.1 cm³/mol. The number of hydrogen-bond donors (Lipinski definition) is 1. The zero-order valence-electron chi connectivity index (χ0n) is 10.5. The number of hydrogen-bond acceptors (Lipinski definition) is 3. The summed E-state index contributed by atoms with van der Waals surface area (Å²) in [5, 5.41) is 8.81. The number of rotatable bonds is 2. The normalized spacial score (nSPS) is 10.6. The van der Waals surface area contributed by atoms with Crippen LogP contribution in [0.1, 0.15) is 11.1 Å². The van der Waals surface area contributed by atoms with E-state index in [1.165, 1.54) is 0 Å². The Balaban J connectivity index is 2.01. The quantitative estimate of drug-likeness (QED) is 0.785. The minimum absolute atomic E-state index is 0.488. The van der Waals surface area contributed by atoms with E-state index in [0.717, 1.165) is 21.1 Å². The fraction of sp³-hybridized carbons (Fsp3) is 0.0667. The Hall–Kier alpha value is -2.32. The van der Waals surface area contributed by atoms with E-state index >= 15 is 0 Å². The molecule has 0 fully saturated rings. The standard InChI is InChI=1S/C15H11BrN4/c16-12-5-6-14-13(7-12)19-15(18)20(14)9-11-3-1-10(8-17)2-4-11/h1-7H,9H2,(H2,18,19). The van der Waals surface area contributed by atoms with Crippen LogP contribution in [0.25, 0.3) is 11.0 Å². The van der Waals surface area contributed by atoms with Gasteiger partial charge in [0.2, 0.25) is 5.95 Å². The van der Waals surface area contributed by atoms with Gasteiger partial charge in [0.15, 0.2) is 0 Å². The van der Waals surface area contributed by atoms with Gasteiger partial charge in [-0.05, 0) is 35.9 Å². The molecule has 0 saturated carbocycles. The second kappa shape index (κ2) is 4.99. The highest BCUT2D eigenvalue weighted by Crippen LogP contribution is 2.23. The number of halogens is 1. The van der Waals surface area contributed by atoms with Gasteiger partial charge in [0, 0.05) is 4.47 Å². The van der Waals surface area contributed by atoms with Crippen molar-refractivity contribution < 1.29 is 0 Å². The highest BCUT2D eigenvalue weighted by atomic mass is 79.9. The monoisotopic (exact) mass is 326 g/mol. The second-order valence-electron chi connectivity index (χ2n) is 4.50. The van der Waals surface area contributed by atoms with E-state index in [1.54, 1.807) is 12.1 Å². The lowest BCUT2D eigenvalue weighted by Crippen LogP contribution is -2.04. The lowest BCUT2D eigenvalue weighted by molar-refractivity contribution is 0.838. The molecule has 0 atom stereocenters. The van der Waals surface area contributed by atoms with Crippen LogP contribution in [0.5, 0.6) is 0 Å². The first-order valence-corrected chi connectivity index (χ1v) is 6.87. The zero-order chi connectivity index (χ0) is 14.1. The molecule has 4 nitrogen and oxygen atoms in total. The van der Waals surface area contributed by atoms with Gasteiger partial charge in [0.25, 0.3) is 0 Å². The first-order valence-electron chi connectivity index (χ1n) is 6.07. The van der Waals surface area contributed by atoms with Gasteiger partial charge in [0.1, 0.15) is 0 Å². The Morgan fingerprint density at radius 1 is 1.20 bits per heavy atom. The Morgan fingerprint density at radius 3 is 2.65 bits per heavy atom. The van der Waals surface area contributed by atoms with Gasteiger partial charge in [-0.25, -0.2) is 4.98 Å². The average Bonchev–Trinajstić information content (AvgIpc) is 2.75. The van der Waals surface area contributed by atoms with Crippen molar-refractivity contribution in [3.05, 3.63) is 58.1 Å². The number of aromatic nitrogens is 2. The number of imidazole rings is 1. The van der Waals surface area contributed by atoms with Gasteiger partial charge in [-0.3, -0.25) is 0 Å².